The summed E-state index contributed by atoms with van der Waals surface area (Å²) in [7, 11) is 0. The summed E-state index contributed by atoms with van der Waals surface area (Å²) < 4.78 is 39.4. The first kappa shape index (κ1) is 15.3. The van der Waals surface area contributed by atoms with Crippen molar-refractivity contribution in [3.05, 3.63) is 29.6 Å². The Bertz CT molecular complexity index is 578. The van der Waals surface area contributed by atoms with E-state index in [1.165, 1.54) is 11.8 Å². The van der Waals surface area contributed by atoms with Gasteiger partial charge in [0.1, 0.15) is 0 Å². The van der Waals surface area contributed by atoms with Crippen LogP contribution in [0.2, 0.25) is 0 Å². The molecule has 21 heavy (non-hydrogen) atoms. The molecular formula is C14H15F3N2O2. The molecule has 2 rings (SSSR count). The van der Waals surface area contributed by atoms with E-state index in [4.69, 9.17) is 0 Å². The third kappa shape index (κ3) is 3.34. The lowest BCUT2D eigenvalue weighted by Gasteiger charge is -2.31. The van der Waals surface area contributed by atoms with Crippen molar-refractivity contribution >= 4 is 17.5 Å². The summed E-state index contributed by atoms with van der Waals surface area (Å²) in [6.07, 6.45) is 1.22. The van der Waals surface area contributed by atoms with E-state index < -0.39 is 35.0 Å². The summed E-state index contributed by atoms with van der Waals surface area (Å²) in [4.78, 5) is 24.9. The highest BCUT2D eigenvalue weighted by Crippen LogP contribution is 2.22. The number of anilines is 1. The number of benzene rings is 1. The number of nitrogens with one attached hydrogen (secondary N) is 1. The van der Waals surface area contributed by atoms with Gasteiger partial charge in [0.05, 0.1) is 11.6 Å². The zero-order valence-electron chi connectivity index (χ0n) is 11.5. The Morgan fingerprint density at radius 3 is 2.62 bits per heavy atom. The van der Waals surface area contributed by atoms with Crippen molar-refractivity contribution in [2.45, 2.75) is 19.8 Å². The number of rotatable bonds is 2. The van der Waals surface area contributed by atoms with E-state index in [0.29, 0.717) is 19.4 Å². The lowest BCUT2D eigenvalue weighted by molar-refractivity contribution is -0.132. The van der Waals surface area contributed by atoms with Crippen molar-refractivity contribution in [1.82, 2.24) is 4.90 Å². The third-order valence-electron chi connectivity index (χ3n) is 3.53. The molecule has 1 heterocycles. The number of carbonyl (C=O) groups is 2. The monoisotopic (exact) mass is 300 g/mol. The van der Waals surface area contributed by atoms with Gasteiger partial charge >= 0.3 is 0 Å². The Morgan fingerprint density at radius 1 is 1.24 bits per heavy atom. The largest absolute Gasteiger partial charge is 0.342 e. The first-order valence-electron chi connectivity index (χ1n) is 6.60. The van der Waals surface area contributed by atoms with Crippen LogP contribution in [0.1, 0.15) is 19.8 Å². The number of piperidine rings is 1. The second-order valence-electron chi connectivity index (χ2n) is 5.02. The molecule has 1 unspecified atom stereocenters. The molecule has 0 spiro atoms. The molecule has 0 aliphatic carbocycles. The number of amides is 2. The molecule has 0 aromatic heterocycles. The fraction of sp³-hybridized carbons (Fsp3) is 0.429. The first-order chi connectivity index (χ1) is 9.90. The summed E-state index contributed by atoms with van der Waals surface area (Å²) in [5.41, 5.74) is -0.404. The number of carbonyl (C=O) groups excluding carboxylic acids is 2. The highest BCUT2D eigenvalue weighted by molar-refractivity contribution is 5.93. The molecular weight excluding hydrogens is 285 g/mol. The van der Waals surface area contributed by atoms with E-state index in [2.05, 4.69) is 5.32 Å². The van der Waals surface area contributed by atoms with Crippen molar-refractivity contribution in [3.8, 4) is 0 Å². The lowest BCUT2D eigenvalue weighted by atomic mass is 9.97. The quantitative estimate of drug-likeness (QED) is 0.852. The molecule has 1 aliphatic heterocycles. The summed E-state index contributed by atoms with van der Waals surface area (Å²) in [6.45, 7) is 2.24. The van der Waals surface area contributed by atoms with E-state index in [1.54, 1.807) is 0 Å². The number of hydrogen-bond donors (Lipinski definition) is 1. The average molecular weight is 300 g/mol. The van der Waals surface area contributed by atoms with Gasteiger partial charge in [0.25, 0.3) is 0 Å². The highest BCUT2D eigenvalue weighted by atomic mass is 19.2. The maximum absolute atomic E-state index is 13.5. The van der Waals surface area contributed by atoms with Gasteiger partial charge in [0.15, 0.2) is 17.5 Å². The molecule has 1 aliphatic rings. The topological polar surface area (TPSA) is 49.4 Å². The zero-order valence-corrected chi connectivity index (χ0v) is 11.5. The van der Waals surface area contributed by atoms with Gasteiger partial charge < -0.3 is 10.2 Å². The van der Waals surface area contributed by atoms with Crippen LogP contribution in [-0.2, 0) is 9.59 Å². The summed E-state index contributed by atoms with van der Waals surface area (Å²) in [6, 6.07) is 1.72. The van der Waals surface area contributed by atoms with Gasteiger partial charge in [-0.15, -0.1) is 0 Å². The summed E-state index contributed by atoms with van der Waals surface area (Å²) in [5.74, 6) is -5.50. The molecule has 4 nitrogen and oxygen atoms in total. The molecule has 114 valence electrons. The van der Waals surface area contributed by atoms with Gasteiger partial charge in [-0.05, 0) is 25.0 Å². The van der Waals surface area contributed by atoms with Crippen molar-refractivity contribution in [2.24, 2.45) is 5.92 Å². The molecule has 0 saturated carbocycles. The fourth-order valence-electron chi connectivity index (χ4n) is 2.33. The molecule has 1 aromatic rings. The first-order valence-corrected chi connectivity index (χ1v) is 6.60. The van der Waals surface area contributed by atoms with Gasteiger partial charge in [0.2, 0.25) is 11.8 Å². The highest BCUT2D eigenvalue weighted by Gasteiger charge is 2.28. The van der Waals surface area contributed by atoms with E-state index in [-0.39, 0.29) is 12.5 Å². The van der Waals surface area contributed by atoms with Gasteiger partial charge in [-0.1, -0.05) is 0 Å². The van der Waals surface area contributed by atoms with Crippen LogP contribution in [0.3, 0.4) is 0 Å². The fourth-order valence-corrected chi connectivity index (χ4v) is 2.33. The van der Waals surface area contributed by atoms with Gasteiger partial charge in [0, 0.05) is 20.0 Å². The Hall–Kier alpha value is -2.05. The van der Waals surface area contributed by atoms with Crippen LogP contribution in [0.4, 0.5) is 18.9 Å². The van der Waals surface area contributed by atoms with E-state index in [1.807, 2.05) is 0 Å². The minimum atomic E-state index is -1.62. The standard InChI is InChI=1S/C14H15F3N2O2/c1-8(20)19-6-2-3-9(7-19)14(21)18-11-5-4-10(15)12(16)13(11)17/h4-5,9H,2-3,6-7H2,1H3,(H,18,21). The van der Waals surface area contributed by atoms with Crippen LogP contribution in [0.25, 0.3) is 0 Å². The molecule has 1 atom stereocenters. The number of likely N-dealkylation sites (tertiary alicyclic amines) is 1. The smallest absolute Gasteiger partial charge is 0.229 e. The average Bonchev–Trinajstić information content (AvgIpc) is 2.48. The van der Waals surface area contributed by atoms with Crippen LogP contribution in [0, 0.1) is 23.4 Å². The van der Waals surface area contributed by atoms with Crippen molar-refractivity contribution in [2.75, 3.05) is 18.4 Å². The number of hydrogen-bond acceptors (Lipinski definition) is 2. The van der Waals surface area contributed by atoms with Gasteiger partial charge in [-0.3, -0.25) is 9.59 Å². The number of nitrogens with zero attached hydrogens (tertiary/aromatic N) is 1. The van der Waals surface area contributed by atoms with Crippen LogP contribution < -0.4 is 5.32 Å². The predicted molar refractivity (Wildman–Crippen MR) is 69.9 cm³/mol. The molecule has 0 radical (unpaired) electrons. The number of halogens is 3. The second kappa shape index (κ2) is 6.15. The van der Waals surface area contributed by atoms with Crippen LogP contribution >= 0.6 is 0 Å². The molecule has 1 N–H and O–H groups in total. The van der Waals surface area contributed by atoms with Crippen LogP contribution in [0.5, 0.6) is 0 Å². The van der Waals surface area contributed by atoms with E-state index >= 15 is 0 Å². The molecule has 1 fully saturated rings. The van der Waals surface area contributed by atoms with Crippen molar-refractivity contribution in [3.63, 3.8) is 0 Å². The lowest BCUT2D eigenvalue weighted by Crippen LogP contribution is -2.42. The Morgan fingerprint density at radius 2 is 1.95 bits per heavy atom. The Kier molecular flexibility index (Phi) is 4.50. The minimum Gasteiger partial charge on any atom is -0.342 e. The second-order valence-corrected chi connectivity index (χ2v) is 5.02. The summed E-state index contributed by atoms with van der Waals surface area (Å²) in [5, 5.41) is 2.25. The van der Waals surface area contributed by atoms with E-state index in [0.717, 1.165) is 12.1 Å². The van der Waals surface area contributed by atoms with Crippen molar-refractivity contribution < 1.29 is 22.8 Å². The maximum Gasteiger partial charge on any atom is 0.229 e. The third-order valence-corrected chi connectivity index (χ3v) is 3.53. The maximum atomic E-state index is 13.5. The van der Waals surface area contributed by atoms with Gasteiger partial charge in [-0.2, -0.15) is 0 Å². The molecule has 7 heteroatoms. The predicted octanol–water partition coefficient (Wildman–Crippen LogP) is 2.30. The van der Waals surface area contributed by atoms with Gasteiger partial charge in [-0.25, -0.2) is 13.2 Å². The van der Waals surface area contributed by atoms with Crippen LogP contribution in [-0.4, -0.2) is 29.8 Å². The van der Waals surface area contributed by atoms with Crippen molar-refractivity contribution in [1.29, 1.82) is 0 Å². The van der Waals surface area contributed by atoms with Crippen LogP contribution in [0.15, 0.2) is 12.1 Å². The molecule has 2 amide bonds. The SMILES string of the molecule is CC(=O)N1CCCC(C(=O)Nc2ccc(F)c(F)c2F)C1. The normalized spacial score (nSPS) is 18.5. The summed E-state index contributed by atoms with van der Waals surface area (Å²) >= 11 is 0. The molecule has 1 aromatic carbocycles. The Balaban J connectivity index is 2.08. The minimum absolute atomic E-state index is 0.133. The zero-order chi connectivity index (χ0) is 15.6. The molecule has 1 saturated heterocycles. The van der Waals surface area contributed by atoms with E-state index in [9.17, 15) is 22.8 Å². The Labute approximate surface area is 119 Å². The molecule has 0 bridgehead atoms.